The fourth-order valence-corrected chi connectivity index (χ4v) is 3.16. The minimum atomic E-state index is -1.35. The van der Waals surface area contributed by atoms with Gasteiger partial charge in [-0.25, -0.2) is 9.18 Å². The third-order valence-electron chi connectivity index (χ3n) is 4.76. The first kappa shape index (κ1) is 18.7. The van der Waals surface area contributed by atoms with E-state index in [9.17, 15) is 9.18 Å². The monoisotopic (exact) mass is 390 g/mol. The predicted molar refractivity (Wildman–Crippen MR) is 107 cm³/mol. The van der Waals surface area contributed by atoms with E-state index in [1.54, 1.807) is 31.2 Å². The minimum Gasteiger partial charge on any atom is -0.488 e. The zero-order valence-electron chi connectivity index (χ0n) is 15.9. The smallest absolute Gasteiger partial charge is 0.349 e. The van der Waals surface area contributed by atoms with Gasteiger partial charge in [0.1, 0.15) is 29.5 Å². The molecule has 0 saturated heterocycles. The van der Waals surface area contributed by atoms with Gasteiger partial charge in [-0.15, -0.1) is 0 Å². The molecule has 0 amide bonds. The Balaban J connectivity index is 1.58. The molecule has 1 aliphatic heterocycles. The average Bonchev–Trinajstić information content (AvgIpc) is 2.72. The number of fused-ring (bicyclic) bond motifs is 1. The first-order valence-electron chi connectivity index (χ1n) is 9.14. The van der Waals surface area contributed by atoms with Crippen molar-refractivity contribution in [2.45, 2.75) is 19.3 Å². The van der Waals surface area contributed by atoms with Crippen molar-refractivity contribution in [3.8, 4) is 11.5 Å². The predicted octanol–water partition coefficient (Wildman–Crippen LogP) is 5.47. The van der Waals surface area contributed by atoms with E-state index in [4.69, 9.17) is 14.2 Å². The van der Waals surface area contributed by atoms with Gasteiger partial charge in [0.2, 0.25) is 0 Å². The molecule has 3 aromatic carbocycles. The zero-order valence-corrected chi connectivity index (χ0v) is 15.9. The van der Waals surface area contributed by atoms with Crippen LogP contribution in [0.5, 0.6) is 11.5 Å². The summed E-state index contributed by atoms with van der Waals surface area (Å²) in [6.45, 7) is 5.64. The van der Waals surface area contributed by atoms with Crippen molar-refractivity contribution in [2.24, 2.45) is 0 Å². The number of cyclic esters (lactones) is 1. The lowest BCUT2D eigenvalue weighted by Crippen LogP contribution is -2.39. The summed E-state index contributed by atoms with van der Waals surface area (Å²) >= 11 is 0. The van der Waals surface area contributed by atoms with Crippen LogP contribution < -0.4 is 9.47 Å². The van der Waals surface area contributed by atoms with E-state index in [1.165, 1.54) is 24.3 Å². The Kier molecular flexibility index (Phi) is 4.80. The van der Waals surface area contributed by atoms with Gasteiger partial charge in [0.25, 0.3) is 5.79 Å². The summed E-state index contributed by atoms with van der Waals surface area (Å²) in [7, 11) is 0. The second-order valence-electron chi connectivity index (χ2n) is 6.81. The number of ether oxygens (including phenoxy) is 3. The molecule has 0 fully saturated rings. The van der Waals surface area contributed by atoms with E-state index < -0.39 is 11.8 Å². The van der Waals surface area contributed by atoms with Crippen LogP contribution in [0.3, 0.4) is 0 Å². The third-order valence-corrected chi connectivity index (χ3v) is 4.76. The zero-order chi connectivity index (χ0) is 20.4. The molecule has 1 heterocycles. The van der Waals surface area contributed by atoms with Crippen molar-refractivity contribution in [1.82, 2.24) is 0 Å². The highest BCUT2D eigenvalue weighted by atomic mass is 19.1. The number of halogens is 1. The molecule has 3 aromatic rings. The standard InChI is InChI=1S/C24H19FO4/c1-3-16-7-9-17(10-8-16)15-27-20-5-4-6-21-22(20)23(26)29-24(2,28-21)18-11-13-19(25)14-12-18/h3-14H,1,15H2,2H3. The van der Waals surface area contributed by atoms with Crippen LogP contribution in [0, 0.1) is 5.82 Å². The van der Waals surface area contributed by atoms with Gasteiger partial charge >= 0.3 is 5.97 Å². The van der Waals surface area contributed by atoms with Gasteiger partial charge in [-0.05, 0) is 47.5 Å². The van der Waals surface area contributed by atoms with Gasteiger partial charge in [-0.3, -0.25) is 0 Å². The highest BCUT2D eigenvalue weighted by molar-refractivity contribution is 5.96. The number of carbonyl (C=O) groups is 1. The van der Waals surface area contributed by atoms with Crippen LogP contribution in [0.1, 0.15) is 34.0 Å². The molecule has 0 aromatic heterocycles. The summed E-state index contributed by atoms with van der Waals surface area (Å²) < 4.78 is 30.7. The molecule has 0 radical (unpaired) electrons. The Bertz CT molecular complexity index is 1060. The van der Waals surface area contributed by atoms with Crippen LogP contribution in [0.15, 0.2) is 73.3 Å². The Morgan fingerprint density at radius 1 is 1.03 bits per heavy atom. The number of hydrogen-bond donors (Lipinski definition) is 0. The maximum atomic E-state index is 13.2. The van der Waals surface area contributed by atoms with Gasteiger partial charge in [-0.1, -0.05) is 43.0 Å². The molecule has 0 aliphatic carbocycles. The Morgan fingerprint density at radius 2 is 1.76 bits per heavy atom. The Hall–Kier alpha value is -3.60. The molecule has 4 rings (SSSR count). The molecule has 5 heteroatoms. The number of hydrogen-bond acceptors (Lipinski definition) is 4. The largest absolute Gasteiger partial charge is 0.488 e. The normalized spacial score (nSPS) is 17.7. The van der Waals surface area contributed by atoms with Crippen LogP contribution in [-0.2, 0) is 17.1 Å². The lowest BCUT2D eigenvalue weighted by Gasteiger charge is -2.35. The van der Waals surface area contributed by atoms with Gasteiger partial charge in [0.15, 0.2) is 0 Å². The summed E-state index contributed by atoms with van der Waals surface area (Å²) in [5, 5.41) is 0. The first-order chi connectivity index (χ1) is 14.0. The Morgan fingerprint density at radius 3 is 2.45 bits per heavy atom. The molecule has 1 unspecified atom stereocenters. The molecule has 1 aliphatic rings. The van der Waals surface area contributed by atoms with E-state index in [0.717, 1.165) is 11.1 Å². The van der Waals surface area contributed by atoms with E-state index >= 15 is 0 Å². The van der Waals surface area contributed by atoms with Crippen LogP contribution in [0.2, 0.25) is 0 Å². The van der Waals surface area contributed by atoms with Crippen molar-refractivity contribution >= 4 is 12.0 Å². The van der Waals surface area contributed by atoms with Crippen molar-refractivity contribution < 1.29 is 23.4 Å². The quantitative estimate of drug-likeness (QED) is 0.542. The molecule has 146 valence electrons. The van der Waals surface area contributed by atoms with Gasteiger partial charge in [0, 0.05) is 12.5 Å². The molecular formula is C24H19FO4. The third kappa shape index (κ3) is 3.72. The maximum absolute atomic E-state index is 13.2. The van der Waals surface area contributed by atoms with Crippen molar-refractivity contribution in [3.05, 3.63) is 101 Å². The maximum Gasteiger partial charge on any atom is 0.349 e. The van der Waals surface area contributed by atoms with E-state index in [1.807, 2.05) is 24.3 Å². The van der Waals surface area contributed by atoms with Crippen molar-refractivity contribution in [2.75, 3.05) is 0 Å². The number of rotatable bonds is 5. The number of carbonyl (C=O) groups excluding carboxylic acids is 1. The average molecular weight is 390 g/mol. The molecule has 0 spiro atoms. The molecule has 1 atom stereocenters. The lowest BCUT2D eigenvalue weighted by atomic mass is 10.0. The lowest BCUT2D eigenvalue weighted by molar-refractivity contribution is -0.148. The molecule has 4 nitrogen and oxygen atoms in total. The van der Waals surface area contributed by atoms with Crippen LogP contribution in [0.25, 0.3) is 6.08 Å². The summed E-state index contributed by atoms with van der Waals surface area (Å²) in [5.74, 6) is -1.56. The van der Waals surface area contributed by atoms with Crippen LogP contribution in [-0.4, -0.2) is 5.97 Å². The molecule has 0 N–H and O–H groups in total. The molecule has 0 saturated carbocycles. The summed E-state index contributed by atoms with van der Waals surface area (Å²) in [4.78, 5) is 12.8. The highest BCUT2D eigenvalue weighted by Gasteiger charge is 2.41. The first-order valence-corrected chi connectivity index (χ1v) is 9.14. The van der Waals surface area contributed by atoms with Gasteiger partial charge in [-0.2, -0.15) is 0 Å². The fraction of sp³-hybridized carbons (Fsp3) is 0.125. The number of benzene rings is 3. The second kappa shape index (κ2) is 7.43. The molecule has 29 heavy (non-hydrogen) atoms. The van der Waals surface area contributed by atoms with E-state index in [2.05, 4.69) is 6.58 Å². The van der Waals surface area contributed by atoms with Crippen molar-refractivity contribution in [3.63, 3.8) is 0 Å². The Labute approximate surface area is 168 Å². The minimum absolute atomic E-state index is 0.231. The van der Waals surface area contributed by atoms with E-state index in [-0.39, 0.29) is 18.0 Å². The summed E-state index contributed by atoms with van der Waals surface area (Å²) in [6.07, 6.45) is 1.77. The van der Waals surface area contributed by atoms with Crippen LogP contribution >= 0.6 is 0 Å². The van der Waals surface area contributed by atoms with Crippen molar-refractivity contribution in [1.29, 1.82) is 0 Å². The molecule has 0 bridgehead atoms. The van der Waals surface area contributed by atoms with Gasteiger partial charge in [0.05, 0.1) is 0 Å². The molecular weight excluding hydrogens is 371 g/mol. The fourth-order valence-electron chi connectivity index (χ4n) is 3.16. The summed E-state index contributed by atoms with van der Waals surface area (Å²) in [6, 6.07) is 18.5. The van der Waals surface area contributed by atoms with E-state index in [0.29, 0.717) is 17.1 Å². The highest BCUT2D eigenvalue weighted by Crippen LogP contribution is 2.41. The summed E-state index contributed by atoms with van der Waals surface area (Å²) in [5.41, 5.74) is 2.73. The van der Waals surface area contributed by atoms with Gasteiger partial charge < -0.3 is 14.2 Å². The second-order valence-corrected chi connectivity index (χ2v) is 6.81. The number of esters is 1. The SMILES string of the molecule is C=Cc1ccc(COc2cccc3c2C(=O)OC(C)(c2ccc(F)cc2)O3)cc1. The topological polar surface area (TPSA) is 44.8 Å². The van der Waals surface area contributed by atoms with Crippen LogP contribution in [0.4, 0.5) is 4.39 Å².